The molecule has 144 valence electrons. The number of hydrazone groups is 1. The van der Waals surface area contributed by atoms with Gasteiger partial charge in [0.1, 0.15) is 5.82 Å². The van der Waals surface area contributed by atoms with Crippen LogP contribution < -0.4 is 0 Å². The molecule has 6 nitrogen and oxygen atoms in total. The highest BCUT2D eigenvalue weighted by Gasteiger charge is 2.57. The molecular weight excluding hydrogens is 363 g/mol. The van der Waals surface area contributed by atoms with Crippen LogP contribution in [0.1, 0.15) is 36.2 Å². The van der Waals surface area contributed by atoms with Gasteiger partial charge in [-0.1, -0.05) is 30.3 Å². The van der Waals surface area contributed by atoms with Crippen molar-refractivity contribution in [2.24, 2.45) is 5.10 Å². The van der Waals surface area contributed by atoms with Crippen molar-refractivity contribution >= 4 is 23.4 Å². The lowest BCUT2D eigenvalue weighted by Crippen LogP contribution is -2.58. The minimum absolute atomic E-state index is 0.0487. The molecule has 3 rings (SSSR count). The van der Waals surface area contributed by atoms with E-state index in [1.807, 2.05) is 0 Å². The predicted molar refractivity (Wildman–Crippen MR) is 100 cm³/mol. The summed E-state index contributed by atoms with van der Waals surface area (Å²) >= 11 is 0. The maximum Gasteiger partial charge on any atom is 0.342 e. The van der Waals surface area contributed by atoms with Crippen LogP contribution in [0.4, 0.5) is 4.39 Å². The van der Waals surface area contributed by atoms with Gasteiger partial charge in [0.2, 0.25) is 5.54 Å². The minimum Gasteiger partial charge on any atom is -0.464 e. The Morgan fingerprint density at radius 3 is 2.32 bits per heavy atom. The zero-order valence-electron chi connectivity index (χ0n) is 15.5. The van der Waals surface area contributed by atoms with Crippen LogP contribution in [-0.2, 0) is 14.3 Å². The predicted octanol–water partition coefficient (Wildman–Crippen LogP) is 2.97. The van der Waals surface area contributed by atoms with E-state index in [9.17, 15) is 18.8 Å². The number of rotatable bonds is 5. The SMILES string of the molecule is CCOC(=O)C1(C(C)=O)CC(c2ccc(F)cc2)=NN1C(=O)c1ccccc1. The molecule has 0 aromatic heterocycles. The Kier molecular flexibility index (Phi) is 5.35. The second-order valence-electron chi connectivity index (χ2n) is 6.35. The molecule has 1 atom stereocenters. The topological polar surface area (TPSA) is 76.0 Å². The number of halogens is 1. The summed E-state index contributed by atoms with van der Waals surface area (Å²) in [6.45, 7) is 2.89. The van der Waals surface area contributed by atoms with Crippen molar-refractivity contribution < 1.29 is 23.5 Å². The van der Waals surface area contributed by atoms with Gasteiger partial charge >= 0.3 is 5.97 Å². The van der Waals surface area contributed by atoms with E-state index < -0.39 is 29.0 Å². The molecule has 0 saturated carbocycles. The Labute approximate surface area is 161 Å². The summed E-state index contributed by atoms with van der Waals surface area (Å²) in [6, 6.07) is 13.7. The standard InChI is InChI=1S/C21H19FN2O4/c1-3-28-20(27)21(14(2)25)13-18(15-9-11-17(22)12-10-15)23-24(21)19(26)16-7-5-4-6-8-16/h4-12H,3,13H2,1-2H3. The fourth-order valence-corrected chi connectivity index (χ4v) is 3.11. The molecule has 1 heterocycles. The summed E-state index contributed by atoms with van der Waals surface area (Å²) in [7, 11) is 0. The Morgan fingerprint density at radius 1 is 1.11 bits per heavy atom. The number of Topliss-reactive ketones (excluding diaryl/α,β-unsaturated/α-hetero) is 1. The Morgan fingerprint density at radius 2 is 1.75 bits per heavy atom. The van der Waals surface area contributed by atoms with E-state index in [0.29, 0.717) is 11.3 Å². The molecule has 0 bridgehead atoms. The van der Waals surface area contributed by atoms with Gasteiger partial charge in [-0.05, 0) is 43.7 Å². The second kappa shape index (κ2) is 7.72. The third-order valence-electron chi connectivity index (χ3n) is 4.59. The molecule has 1 aliphatic rings. The fraction of sp³-hybridized carbons (Fsp3) is 0.238. The van der Waals surface area contributed by atoms with Crippen LogP contribution >= 0.6 is 0 Å². The van der Waals surface area contributed by atoms with Gasteiger partial charge in [-0.2, -0.15) is 5.10 Å². The molecule has 1 amide bonds. The van der Waals surface area contributed by atoms with Crippen LogP contribution in [0, 0.1) is 5.82 Å². The molecule has 0 saturated heterocycles. The molecule has 28 heavy (non-hydrogen) atoms. The number of nitrogens with zero attached hydrogens (tertiary/aromatic N) is 2. The van der Waals surface area contributed by atoms with Crippen LogP contribution in [0.5, 0.6) is 0 Å². The zero-order valence-corrected chi connectivity index (χ0v) is 15.5. The van der Waals surface area contributed by atoms with E-state index in [-0.39, 0.29) is 18.6 Å². The summed E-state index contributed by atoms with van der Waals surface area (Å²) in [5.41, 5.74) is -0.777. The zero-order chi connectivity index (χ0) is 20.3. The Bertz CT molecular complexity index is 941. The quantitative estimate of drug-likeness (QED) is 0.589. The number of ketones is 1. The molecule has 7 heteroatoms. The summed E-state index contributed by atoms with van der Waals surface area (Å²) in [5.74, 6) is -2.42. The van der Waals surface area contributed by atoms with Crippen LogP contribution in [0.15, 0.2) is 59.7 Å². The van der Waals surface area contributed by atoms with Crippen molar-refractivity contribution in [1.29, 1.82) is 0 Å². The van der Waals surface area contributed by atoms with Crippen molar-refractivity contribution in [3.05, 3.63) is 71.5 Å². The molecular formula is C21H19FN2O4. The largest absolute Gasteiger partial charge is 0.464 e. The van der Waals surface area contributed by atoms with E-state index in [1.54, 1.807) is 37.3 Å². The number of hydrogen-bond acceptors (Lipinski definition) is 5. The van der Waals surface area contributed by atoms with Crippen LogP contribution in [0.3, 0.4) is 0 Å². The van der Waals surface area contributed by atoms with Crippen molar-refractivity contribution in [1.82, 2.24) is 5.01 Å². The van der Waals surface area contributed by atoms with Crippen LogP contribution in [0.2, 0.25) is 0 Å². The van der Waals surface area contributed by atoms with Crippen LogP contribution in [0.25, 0.3) is 0 Å². The Balaban J connectivity index is 2.12. The Hall–Kier alpha value is -3.35. The first-order chi connectivity index (χ1) is 13.4. The average Bonchev–Trinajstić information content (AvgIpc) is 3.11. The second-order valence-corrected chi connectivity index (χ2v) is 6.35. The smallest absolute Gasteiger partial charge is 0.342 e. The highest BCUT2D eigenvalue weighted by atomic mass is 19.1. The molecule has 0 radical (unpaired) electrons. The fourth-order valence-electron chi connectivity index (χ4n) is 3.11. The van der Waals surface area contributed by atoms with E-state index in [4.69, 9.17) is 4.74 Å². The normalized spacial score (nSPS) is 18.5. The number of carbonyl (C=O) groups excluding carboxylic acids is 3. The molecule has 0 spiro atoms. The highest BCUT2D eigenvalue weighted by molar-refractivity contribution is 6.19. The van der Waals surface area contributed by atoms with Gasteiger partial charge in [-0.15, -0.1) is 0 Å². The third-order valence-corrected chi connectivity index (χ3v) is 4.59. The summed E-state index contributed by atoms with van der Waals surface area (Å²) in [5, 5.41) is 5.20. The summed E-state index contributed by atoms with van der Waals surface area (Å²) < 4.78 is 18.4. The summed E-state index contributed by atoms with van der Waals surface area (Å²) in [6.07, 6.45) is -0.147. The van der Waals surface area contributed by atoms with Gasteiger partial charge in [0.25, 0.3) is 5.91 Å². The number of esters is 1. The van der Waals surface area contributed by atoms with E-state index in [1.165, 1.54) is 31.2 Å². The lowest BCUT2D eigenvalue weighted by Gasteiger charge is -2.31. The van der Waals surface area contributed by atoms with Crippen LogP contribution in [-0.4, -0.2) is 40.5 Å². The third kappa shape index (κ3) is 3.31. The maximum atomic E-state index is 13.3. The lowest BCUT2D eigenvalue weighted by atomic mass is 9.87. The molecule has 1 unspecified atom stereocenters. The number of amides is 1. The van der Waals surface area contributed by atoms with Gasteiger partial charge in [-0.25, -0.2) is 14.2 Å². The first kappa shape index (κ1) is 19.4. The first-order valence-corrected chi connectivity index (χ1v) is 8.81. The van der Waals surface area contributed by atoms with E-state index in [0.717, 1.165) is 5.01 Å². The van der Waals surface area contributed by atoms with Gasteiger partial charge < -0.3 is 4.74 Å². The van der Waals surface area contributed by atoms with Gasteiger partial charge in [0, 0.05) is 12.0 Å². The van der Waals surface area contributed by atoms with Crippen molar-refractivity contribution in [3.63, 3.8) is 0 Å². The molecule has 0 fully saturated rings. The van der Waals surface area contributed by atoms with E-state index in [2.05, 4.69) is 5.10 Å². The highest BCUT2D eigenvalue weighted by Crippen LogP contribution is 2.34. The molecule has 2 aromatic carbocycles. The van der Waals surface area contributed by atoms with Crippen molar-refractivity contribution in [2.45, 2.75) is 25.8 Å². The molecule has 2 aromatic rings. The number of carbonyl (C=O) groups is 3. The van der Waals surface area contributed by atoms with Crippen molar-refractivity contribution in [3.8, 4) is 0 Å². The number of benzene rings is 2. The number of hydrogen-bond donors (Lipinski definition) is 0. The van der Waals surface area contributed by atoms with E-state index >= 15 is 0 Å². The van der Waals surface area contributed by atoms with Gasteiger partial charge in [0.05, 0.1) is 12.3 Å². The van der Waals surface area contributed by atoms with Gasteiger partial charge in [0.15, 0.2) is 5.78 Å². The minimum atomic E-state index is -1.90. The first-order valence-electron chi connectivity index (χ1n) is 8.81. The maximum absolute atomic E-state index is 13.3. The molecule has 0 N–H and O–H groups in total. The average molecular weight is 382 g/mol. The van der Waals surface area contributed by atoms with Gasteiger partial charge in [-0.3, -0.25) is 9.59 Å². The molecule has 1 aliphatic heterocycles. The summed E-state index contributed by atoms with van der Waals surface area (Å²) in [4.78, 5) is 38.6. The monoisotopic (exact) mass is 382 g/mol. The van der Waals surface area contributed by atoms with Crippen molar-refractivity contribution in [2.75, 3.05) is 6.61 Å². The number of ether oxygens (including phenoxy) is 1. The lowest BCUT2D eigenvalue weighted by molar-refractivity contribution is -0.159. The molecule has 0 aliphatic carbocycles.